The lowest BCUT2D eigenvalue weighted by molar-refractivity contribution is -0.193. The van der Waals surface area contributed by atoms with Crippen LogP contribution in [-0.2, 0) is 34.5 Å². The molecule has 0 fully saturated rings. The number of methoxy groups -OCH3 is 1. The predicted molar refractivity (Wildman–Crippen MR) is 105 cm³/mol. The second-order valence-electron chi connectivity index (χ2n) is 7.42. The largest absolute Gasteiger partial charge is 0.490 e. The maximum Gasteiger partial charge on any atom is 0.490 e. The van der Waals surface area contributed by atoms with E-state index in [-0.39, 0.29) is 0 Å². The van der Waals surface area contributed by atoms with Crippen molar-refractivity contribution in [2.75, 3.05) is 20.3 Å². The third-order valence-corrected chi connectivity index (χ3v) is 4.72. The van der Waals surface area contributed by atoms with Crippen LogP contribution >= 0.6 is 0 Å². The minimum absolute atomic E-state index is 0.353. The summed E-state index contributed by atoms with van der Waals surface area (Å²) in [6, 6.07) is 0. The van der Waals surface area contributed by atoms with Gasteiger partial charge in [0.15, 0.2) is 0 Å². The van der Waals surface area contributed by atoms with E-state index in [0.717, 1.165) is 36.8 Å². The van der Waals surface area contributed by atoms with Crippen LogP contribution in [0, 0.1) is 13.8 Å². The van der Waals surface area contributed by atoms with Gasteiger partial charge in [0.25, 0.3) is 0 Å². The summed E-state index contributed by atoms with van der Waals surface area (Å²) in [5.41, 5.74) is 4.61. The molecule has 0 spiro atoms. The highest BCUT2D eigenvalue weighted by Crippen LogP contribution is 2.29. The van der Waals surface area contributed by atoms with Gasteiger partial charge in [0.05, 0.1) is 24.3 Å². The van der Waals surface area contributed by atoms with E-state index in [1.54, 1.807) is 7.11 Å². The number of rotatable bonds is 4. The molecule has 0 bridgehead atoms. The maximum atomic E-state index is 10.6. The van der Waals surface area contributed by atoms with Crippen molar-refractivity contribution in [1.82, 2.24) is 19.6 Å². The summed E-state index contributed by atoms with van der Waals surface area (Å²) in [6.07, 6.45) is -8.27. The van der Waals surface area contributed by atoms with Gasteiger partial charge in [-0.15, -0.1) is 0 Å². The third-order valence-electron chi connectivity index (χ3n) is 4.72. The zero-order valence-corrected chi connectivity index (χ0v) is 19.1. The van der Waals surface area contributed by atoms with Gasteiger partial charge in [-0.25, -0.2) is 14.6 Å². The van der Waals surface area contributed by atoms with Gasteiger partial charge in [-0.05, 0) is 13.8 Å². The highest BCUT2D eigenvalue weighted by Gasteiger charge is 2.39. The number of nitrogens with zero attached hydrogens (tertiary/aromatic N) is 4. The van der Waals surface area contributed by atoms with E-state index in [4.69, 9.17) is 29.1 Å². The molecule has 10 nitrogen and oxygen atoms in total. The quantitative estimate of drug-likeness (QED) is 0.587. The van der Waals surface area contributed by atoms with Crippen LogP contribution in [0.1, 0.15) is 34.3 Å². The van der Waals surface area contributed by atoms with Gasteiger partial charge in [0.2, 0.25) is 0 Å². The van der Waals surface area contributed by atoms with Crippen LogP contribution in [-0.4, -0.2) is 74.4 Å². The van der Waals surface area contributed by atoms with E-state index in [1.165, 1.54) is 11.3 Å². The number of hydrogen-bond acceptors (Lipinski definition) is 7. The lowest BCUT2D eigenvalue weighted by Gasteiger charge is -2.32. The Balaban J connectivity index is 0.000000362. The molecule has 0 amide bonds. The molecule has 35 heavy (non-hydrogen) atoms. The van der Waals surface area contributed by atoms with E-state index in [1.807, 2.05) is 20.2 Å². The van der Waals surface area contributed by atoms with Gasteiger partial charge in [0.1, 0.15) is 5.76 Å². The number of carbonyl (C=O) groups is 2. The second-order valence-corrected chi connectivity index (χ2v) is 7.42. The molecule has 0 saturated heterocycles. The number of alkyl halides is 6. The van der Waals surface area contributed by atoms with Crippen molar-refractivity contribution in [3.8, 4) is 0 Å². The molecule has 0 saturated carbocycles. The molecule has 16 heteroatoms. The van der Waals surface area contributed by atoms with E-state index >= 15 is 0 Å². The summed E-state index contributed by atoms with van der Waals surface area (Å²) in [7, 11) is 3.81. The van der Waals surface area contributed by atoms with E-state index in [0.29, 0.717) is 12.5 Å². The molecule has 3 rings (SSSR count). The number of ether oxygens (including phenoxy) is 1. The first kappa shape index (κ1) is 29.9. The zero-order valence-electron chi connectivity index (χ0n) is 19.1. The Bertz CT molecular complexity index is 958. The summed E-state index contributed by atoms with van der Waals surface area (Å²) in [4.78, 5) is 24.7. The Morgan fingerprint density at radius 3 is 2.06 bits per heavy atom. The molecule has 1 aliphatic rings. The summed E-state index contributed by atoms with van der Waals surface area (Å²) >= 11 is 0. The topological polar surface area (TPSA) is 131 Å². The fourth-order valence-electron chi connectivity index (χ4n) is 3.21. The average Bonchev–Trinajstić information content (AvgIpc) is 3.25. The molecule has 0 aromatic carbocycles. The fraction of sp³-hybridized carbons (Fsp3) is 0.579. The van der Waals surface area contributed by atoms with Crippen molar-refractivity contribution in [3.63, 3.8) is 0 Å². The standard InChI is InChI=1S/C15H22N4O2.2C2HF3O2/c1-10-13(11(2)21-17-10)6-19-5-12(8-20-4)15-14(7-19)16-9-18(15)3;2*3-2(4,5)1(6)7/h9,12H,5-8H2,1-4H3;2*(H,6,7). The average molecular weight is 518 g/mol. The van der Waals surface area contributed by atoms with Gasteiger partial charge >= 0.3 is 24.3 Å². The first-order valence-electron chi connectivity index (χ1n) is 9.72. The number of aromatic nitrogens is 3. The molecule has 1 atom stereocenters. The molecular formula is C19H24F6N4O6. The van der Waals surface area contributed by atoms with Crippen LogP contribution in [0.15, 0.2) is 10.9 Å². The Hall–Kier alpha value is -3.14. The Morgan fingerprint density at radius 2 is 1.66 bits per heavy atom. The fourth-order valence-corrected chi connectivity index (χ4v) is 3.21. The van der Waals surface area contributed by atoms with Gasteiger partial charge in [0, 0.05) is 51.0 Å². The molecule has 0 aliphatic carbocycles. The molecule has 1 unspecified atom stereocenters. The van der Waals surface area contributed by atoms with Gasteiger partial charge in [-0.2, -0.15) is 26.3 Å². The van der Waals surface area contributed by atoms with Crippen LogP contribution in [0.25, 0.3) is 0 Å². The summed E-state index contributed by atoms with van der Waals surface area (Å²) in [5, 5.41) is 18.3. The zero-order chi connectivity index (χ0) is 27.1. The van der Waals surface area contributed by atoms with Crippen molar-refractivity contribution in [3.05, 3.63) is 34.7 Å². The number of fused-ring (bicyclic) bond motifs is 1. The van der Waals surface area contributed by atoms with Gasteiger partial charge in [-0.3, -0.25) is 4.90 Å². The first-order valence-corrected chi connectivity index (χ1v) is 9.72. The van der Waals surface area contributed by atoms with Crippen molar-refractivity contribution < 1.29 is 55.4 Å². The first-order chi connectivity index (χ1) is 16.0. The van der Waals surface area contributed by atoms with Gasteiger partial charge < -0.3 is 24.0 Å². The Morgan fingerprint density at radius 1 is 1.14 bits per heavy atom. The molecule has 2 aromatic rings. The Kier molecular flexibility index (Phi) is 10.3. The maximum absolute atomic E-state index is 10.6. The number of aliphatic carboxylic acids is 2. The van der Waals surface area contributed by atoms with Crippen molar-refractivity contribution in [1.29, 1.82) is 0 Å². The third kappa shape index (κ3) is 8.86. The van der Waals surface area contributed by atoms with Crippen LogP contribution in [0.2, 0.25) is 0 Å². The lowest BCUT2D eigenvalue weighted by Crippen LogP contribution is -2.36. The van der Waals surface area contributed by atoms with E-state index in [9.17, 15) is 26.3 Å². The van der Waals surface area contributed by atoms with Crippen molar-refractivity contribution >= 4 is 11.9 Å². The minimum Gasteiger partial charge on any atom is -0.475 e. The number of carboxylic acids is 2. The lowest BCUT2D eigenvalue weighted by atomic mass is 9.98. The Labute approximate surface area is 195 Å². The number of imidazole rings is 1. The molecule has 0 radical (unpaired) electrons. The van der Waals surface area contributed by atoms with E-state index < -0.39 is 24.3 Å². The molecule has 3 heterocycles. The molecular weight excluding hydrogens is 494 g/mol. The molecule has 2 N–H and O–H groups in total. The van der Waals surface area contributed by atoms with Crippen LogP contribution in [0.3, 0.4) is 0 Å². The number of hydrogen-bond donors (Lipinski definition) is 2. The number of carboxylic acid groups (broad SMARTS) is 2. The number of halogens is 6. The molecule has 198 valence electrons. The van der Waals surface area contributed by atoms with Crippen molar-refractivity contribution in [2.45, 2.75) is 45.2 Å². The van der Waals surface area contributed by atoms with Crippen LogP contribution in [0.5, 0.6) is 0 Å². The normalized spacial score (nSPS) is 15.9. The summed E-state index contributed by atoms with van der Waals surface area (Å²) in [5.74, 6) is -4.26. The highest BCUT2D eigenvalue weighted by molar-refractivity contribution is 5.73. The molecule has 1 aliphatic heterocycles. The van der Waals surface area contributed by atoms with Crippen molar-refractivity contribution in [2.24, 2.45) is 7.05 Å². The smallest absolute Gasteiger partial charge is 0.475 e. The van der Waals surface area contributed by atoms with E-state index in [2.05, 4.69) is 26.7 Å². The summed E-state index contributed by atoms with van der Waals surface area (Å²) < 4.78 is 76.2. The predicted octanol–water partition coefficient (Wildman–Crippen LogP) is 3.04. The monoisotopic (exact) mass is 518 g/mol. The van der Waals surface area contributed by atoms with Crippen LogP contribution < -0.4 is 0 Å². The highest BCUT2D eigenvalue weighted by atomic mass is 19.4. The molecule has 2 aromatic heterocycles. The second kappa shape index (κ2) is 12.0. The SMILES string of the molecule is COCC1CN(Cc2c(C)noc2C)Cc2ncn(C)c21.O=C(O)C(F)(F)F.O=C(O)C(F)(F)F. The van der Waals surface area contributed by atoms with Crippen LogP contribution in [0.4, 0.5) is 26.3 Å². The van der Waals surface area contributed by atoms with Gasteiger partial charge in [-0.1, -0.05) is 5.16 Å². The number of aryl methyl sites for hydroxylation is 3. The minimum atomic E-state index is -5.08. The summed E-state index contributed by atoms with van der Waals surface area (Å²) in [6.45, 7) is 7.35.